The first-order valence-electron chi connectivity index (χ1n) is 8.25. The Bertz CT molecular complexity index is 869. The van der Waals surface area contributed by atoms with Gasteiger partial charge in [0.05, 0.1) is 19.1 Å². The van der Waals surface area contributed by atoms with Crippen molar-refractivity contribution in [2.24, 2.45) is 0 Å². The number of benzene rings is 1. The quantitative estimate of drug-likeness (QED) is 0.513. The number of hydrogen-bond acceptors (Lipinski definition) is 6. The predicted molar refractivity (Wildman–Crippen MR) is 94.8 cm³/mol. The molecule has 0 bridgehead atoms. The number of nitrogens with one attached hydrogen (secondary N) is 1. The number of rotatable bonds is 9. The summed E-state index contributed by atoms with van der Waals surface area (Å²) < 4.78 is 37.1. The fraction of sp³-hybridized carbons (Fsp3) is 0.412. The number of ether oxygens (including phenoxy) is 2. The first-order valence-corrected chi connectivity index (χ1v) is 8.25. The molecule has 28 heavy (non-hydrogen) atoms. The Labute approximate surface area is 159 Å². The second kappa shape index (κ2) is 9.11. The van der Waals surface area contributed by atoms with Crippen molar-refractivity contribution in [2.45, 2.75) is 26.3 Å². The molecule has 9 nitrogen and oxygen atoms in total. The molecule has 1 aromatic heterocycles. The lowest BCUT2D eigenvalue weighted by Gasteiger charge is -2.10. The molecule has 0 aliphatic rings. The highest BCUT2D eigenvalue weighted by molar-refractivity contribution is 5.75. The molecule has 1 amide bonds. The second-order valence-electron chi connectivity index (χ2n) is 5.82. The largest absolute Gasteiger partial charge is 0.493 e. The van der Waals surface area contributed by atoms with E-state index in [1.165, 1.54) is 21.1 Å². The highest BCUT2D eigenvalue weighted by Gasteiger charge is 2.31. The van der Waals surface area contributed by atoms with E-state index in [0.29, 0.717) is 17.9 Å². The maximum Gasteiger partial charge on any atom is 0.319 e. The molecule has 0 aliphatic carbocycles. The molecule has 2 aromatic rings. The molecule has 1 aromatic carbocycles. The molecule has 152 valence electrons. The smallest absolute Gasteiger partial charge is 0.319 e. The van der Waals surface area contributed by atoms with Crippen molar-refractivity contribution in [2.75, 3.05) is 20.8 Å². The van der Waals surface area contributed by atoms with Crippen molar-refractivity contribution in [3.63, 3.8) is 0 Å². The summed E-state index contributed by atoms with van der Waals surface area (Å²) >= 11 is 0. The van der Waals surface area contributed by atoms with Gasteiger partial charge < -0.3 is 14.8 Å². The summed E-state index contributed by atoms with van der Waals surface area (Å²) in [5.41, 5.74) is -0.923. The summed E-state index contributed by atoms with van der Waals surface area (Å²) in [4.78, 5) is 22.1. The molecule has 0 atom stereocenters. The normalized spacial score (nSPS) is 10.8. The number of hydrogen-bond donors (Lipinski definition) is 1. The molecule has 0 spiro atoms. The van der Waals surface area contributed by atoms with E-state index in [4.69, 9.17) is 9.47 Å². The van der Waals surface area contributed by atoms with E-state index in [2.05, 4.69) is 10.4 Å². The van der Waals surface area contributed by atoms with Crippen LogP contribution < -0.4 is 14.8 Å². The third-order valence-corrected chi connectivity index (χ3v) is 4.07. The van der Waals surface area contributed by atoms with E-state index in [-0.39, 0.29) is 12.2 Å². The average Bonchev–Trinajstić information content (AvgIpc) is 2.98. The molecule has 1 N–H and O–H groups in total. The number of carbonyl (C=O) groups is 1. The van der Waals surface area contributed by atoms with Crippen molar-refractivity contribution in [1.29, 1.82) is 0 Å². The molecule has 0 radical (unpaired) electrons. The van der Waals surface area contributed by atoms with Crippen LogP contribution in [0.5, 0.6) is 11.5 Å². The van der Waals surface area contributed by atoms with Crippen LogP contribution in [-0.2, 0) is 17.8 Å². The van der Waals surface area contributed by atoms with E-state index in [1.54, 1.807) is 12.1 Å². The van der Waals surface area contributed by atoms with Gasteiger partial charge in [-0.05, 0) is 31.0 Å². The Kier molecular flexibility index (Phi) is 6.85. The number of alkyl halides is 2. The van der Waals surface area contributed by atoms with Gasteiger partial charge in [0.2, 0.25) is 11.6 Å². The second-order valence-corrected chi connectivity index (χ2v) is 5.82. The number of amides is 1. The van der Waals surface area contributed by atoms with Crippen LogP contribution in [0, 0.1) is 17.0 Å². The molecular formula is C17H20F2N4O5. The minimum Gasteiger partial charge on any atom is -0.493 e. The number of aromatic nitrogens is 2. The average molecular weight is 398 g/mol. The Hall–Kier alpha value is -3.24. The lowest BCUT2D eigenvalue weighted by Crippen LogP contribution is -2.30. The minimum atomic E-state index is -3.10. The van der Waals surface area contributed by atoms with Gasteiger partial charge in [0.15, 0.2) is 11.5 Å². The van der Waals surface area contributed by atoms with E-state index in [0.717, 1.165) is 10.2 Å². The Morgan fingerprint density at radius 2 is 2.00 bits per heavy atom. The molecule has 2 rings (SSSR count). The summed E-state index contributed by atoms with van der Waals surface area (Å²) in [6, 6.07) is 5.35. The van der Waals surface area contributed by atoms with Crippen LogP contribution in [0.3, 0.4) is 0 Å². The first-order chi connectivity index (χ1) is 13.3. The van der Waals surface area contributed by atoms with Crippen LogP contribution in [0.25, 0.3) is 0 Å². The van der Waals surface area contributed by atoms with E-state index in [1.807, 2.05) is 6.07 Å². The topological polar surface area (TPSA) is 109 Å². The SMILES string of the molecule is COc1ccc(CCNC(=O)Cn2nc(C(F)F)c([N+](=O)[O-])c2C)cc1OC. The highest BCUT2D eigenvalue weighted by Crippen LogP contribution is 2.30. The fourth-order valence-corrected chi connectivity index (χ4v) is 2.66. The van der Waals surface area contributed by atoms with Crippen molar-refractivity contribution in [1.82, 2.24) is 15.1 Å². The van der Waals surface area contributed by atoms with Gasteiger partial charge in [-0.3, -0.25) is 19.6 Å². The number of nitro groups is 1. The van der Waals surface area contributed by atoms with Gasteiger partial charge in [-0.15, -0.1) is 0 Å². The van der Waals surface area contributed by atoms with Gasteiger partial charge in [0, 0.05) is 6.54 Å². The molecule has 0 fully saturated rings. The van der Waals surface area contributed by atoms with Crippen LogP contribution in [0.2, 0.25) is 0 Å². The third-order valence-electron chi connectivity index (χ3n) is 4.07. The molecule has 0 saturated heterocycles. The van der Waals surface area contributed by atoms with Crippen molar-refractivity contribution < 1.29 is 28.0 Å². The van der Waals surface area contributed by atoms with E-state index < -0.39 is 35.2 Å². The zero-order valence-electron chi connectivity index (χ0n) is 15.6. The first kappa shape index (κ1) is 21.1. The molecule has 1 heterocycles. The summed E-state index contributed by atoms with van der Waals surface area (Å²) in [5, 5.41) is 17.1. The van der Waals surface area contributed by atoms with Crippen molar-refractivity contribution in [3.05, 3.63) is 45.3 Å². The number of nitrogens with zero attached hydrogens (tertiary/aromatic N) is 3. The predicted octanol–water partition coefficient (Wildman–Crippen LogP) is 2.41. The van der Waals surface area contributed by atoms with Gasteiger partial charge >= 0.3 is 5.69 Å². The fourth-order valence-electron chi connectivity index (χ4n) is 2.66. The van der Waals surface area contributed by atoms with Crippen LogP contribution >= 0.6 is 0 Å². The van der Waals surface area contributed by atoms with Crippen LogP contribution in [0.15, 0.2) is 18.2 Å². The van der Waals surface area contributed by atoms with Crippen LogP contribution in [0.1, 0.15) is 23.4 Å². The number of carbonyl (C=O) groups excluding carboxylic acids is 1. The maximum atomic E-state index is 12.9. The summed E-state index contributed by atoms with van der Waals surface area (Å²) in [5.74, 6) is 0.646. The van der Waals surface area contributed by atoms with Crippen molar-refractivity contribution >= 4 is 11.6 Å². The number of halogens is 2. The standard InChI is InChI=1S/C17H20F2N4O5/c1-10-16(23(25)26)15(17(18)19)21-22(10)9-14(24)20-7-6-11-4-5-12(27-2)13(8-11)28-3/h4-5,8,17H,6-7,9H2,1-3H3,(H,20,24). The van der Waals surface area contributed by atoms with Gasteiger partial charge in [0.1, 0.15) is 12.2 Å². The minimum absolute atomic E-state index is 0.102. The zero-order chi connectivity index (χ0) is 20.8. The van der Waals surface area contributed by atoms with Gasteiger partial charge in [-0.2, -0.15) is 5.10 Å². The molecule has 0 unspecified atom stereocenters. The van der Waals surface area contributed by atoms with E-state index in [9.17, 15) is 23.7 Å². The lowest BCUT2D eigenvalue weighted by atomic mass is 10.1. The monoisotopic (exact) mass is 398 g/mol. The Morgan fingerprint density at radius 3 is 2.54 bits per heavy atom. The van der Waals surface area contributed by atoms with Gasteiger partial charge in [-0.25, -0.2) is 8.78 Å². The molecule has 0 aliphatic heterocycles. The molecule has 0 saturated carbocycles. The van der Waals surface area contributed by atoms with E-state index >= 15 is 0 Å². The Morgan fingerprint density at radius 1 is 1.32 bits per heavy atom. The Balaban J connectivity index is 1.98. The highest BCUT2D eigenvalue weighted by atomic mass is 19.3. The summed E-state index contributed by atoms with van der Waals surface area (Å²) in [6.07, 6.45) is -2.61. The third kappa shape index (κ3) is 4.72. The summed E-state index contributed by atoms with van der Waals surface area (Å²) in [7, 11) is 3.04. The van der Waals surface area contributed by atoms with Gasteiger partial charge in [-0.1, -0.05) is 6.07 Å². The van der Waals surface area contributed by atoms with Crippen LogP contribution in [0.4, 0.5) is 14.5 Å². The summed E-state index contributed by atoms with van der Waals surface area (Å²) in [6.45, 7) is 1.15. The number of methoxy groups -OCH3 is 2. The van der Waals surface area contributed by atoms with Crippen LogP contribution in [-0.4, -0.2) is 41.4 Å². The zero-order valence-corrected chi connectivity index (χ0v) is 15.6. The van der Waals surface area contributed by atoms with Gasteiger partial charge in [0.25, 0.3) is 6.43 Å². The molecule has 11 heteroatoms. The molecular weight excluding hydrogens is 378 g/mol. The van der Waals surface area contributed by atoms with Crippen molar-refractivity contribution in [3.8, 4) is 11.5 Å². The lowest BCUT2D eigenvalue weighted by molar-refractivity contribution is -0.386. The maximum absolute atomic E-state index is 12.9.